The molecule has 3 nitrogen and oxygen atoms in total. The molecule has 0 radical (unpaired) electrons. The van der Waals surface area contributed by atoms with Crippen LogP contribution in [0.2, 0.25) is 0 Å². The Hall–Kier alpha value is -0.410. The van der Waals surface area contributed by atoms with Crippen molar-refractivity contribution in [1.29, 1.82) is 0 Å². The second-order valence-electron chi connectivity index (χ2n) is 3.26. The summed E-state index contributed by atoms with van der Waals surface area (Å²) in [6.07, 6.45) is 2.15. The first-order valence-electron chi connectivity index (χ1n) is 4.17. The number of carbonyl (C=O) groups excluding carboxylic acids is 1. The number of hydrogen-bond donors (Lipinski definition) is 1. The van der Waals surface area contributed by atoms with E-state index in [0.717, 1.165) is 32.3 Å². The molecule has 1 rings (SSSR count). The van der Waals surface area contributed by atoms with Crippen molar-refractivity contribution in [2.75, 3.05) is 19.6 Å². The highest BCUT2D eigenvalue weighted by atomic mass is 16.1. The van der Waals surface area contributed by atoms with Crippen LogP contribution in [-0.2, 0) is 4.79 Å². The van der Waals surface area contributed by atoms with Crippen molar-refractivity contribution >= 4 is 6.29 Å². The molecular formula is C8H16N2O. The van der Waals surface area contributed by atoms with Gasteiger partial charge in [0.05, 0.1) is 6.04 Å². The number of aldehydes is 1. The van der Waals surface area contributed by atoms with Gasteiger partial charge in [0.15, 0.2) is 0 Å². The Bertz CT molecular complexity index is 138. The number of nitrogens with zero attached hydrogens (tertiary/aromatic N) is 1. The lowest BCUT2D eigenvalue weighted by atomic mass is 10.1. The molecule has 1 heterocycles. The van der Waals surface area contributed by atoms with Crippen LogP contribution in [0.5, 0.6) is 0 Å². The maximum atomic E-state index is 10.4. The van der Waals surface area contributed by atoms with Gasteiger partial charge in [-0.1, -0.05) is 0 Å². The molecule has 64 valence electrons. The standard InChI is InChI=1S/C8H16N2O/c1-7(6-11)10-3-2-8(4-9)5-10/h6-8H,2-5,9H2,1H3. The van der Waals surface area contributed by atoms with E-state index in [1.54, 1.807) is 0 Å². The Morgan fingerprint density at radius 1 is 1.82 bits per heavy atom. The van der Waals surface area contributed by atoms with Crippen LogP contribution in [0.25, 0.3) is 0 Å². The van der Waals surface area contributed by atoms with Gasteiger partial charge in [-0.3, -0.25) is 4.90 Å². The third kappa shape index (κ3) is 2.01. The van der Waals surface area contributed by atoms with Crippen molar-refractivity contribution in [3.05, 3.63) is 0 Å². The Morgan fingerprint density at radius 3 is 3.00 bits per heavy atom. The summed E-state index contributed by atoms with van der Waals surface area (Å²) in [7, 11) is 0. The molecule has 0 amide bonds. The minimum atomic E-state index is 0.0755. The average Bonchev–Trinajstić information content (AvgIpc) is 2.50. The molecule has 0 aromatic carbocycles. The predicted octanol–water partition coefficient (Wildman–Crippen LogP) is -0.146. The van der Waals surface area contributed by atoms with E-state index in [1.165, 1.54) is 0 Å². The fraction of sp³-hybridized carbons (Fsp3) is 0.875. The van der Waals surface area contributed by atoms with Crippen molar-refractivity contribution < 1.29 is 4.79 Å². The second kappa shape index (κ2) is 3.83. The molecule has 0 aromatic rings. The molecule has 1 aliphatic heterocycles. The fourth-order valence-electron chi connectivity index (χ4n) is 1.51. The van der Waals surface area contributed by atoms with E-state index >= 15 is 0 Å². The molecule has 0 aromatic heterocycles. The summed E-state index contributed by atoms with van der Waals surface area (Å²) in [5.74, 6) is 0.609. The van der Waals surface area contributed by atoms with Gasteiger partial charge in [-0.2, -0.15) is 0 Å². The summed E-state index contributed by atoms with van der Waals surface area (Å²) in [4.78, 5) is 12.6. The van der Waals surface area contributed by atoms with Crippen LogP contribution in [0.3, 0.4) is 0 Å². The lowest BCUT2D eigenvalue weighted by molar-refractivity contribution is -0.111. The monoisotopic (exact) mass is 156 g/mol. The normalized spacial score (nSPS) is 28.7. The van der Waals surface area contributed by atoms with Gasteiger partial charge < -0.3 is 10.5 Å². The molecule has 0 bridgehead atoms. The summed E-state index contributed by atoms with van der Waals surface area (Å²) in [5.41, 5.74) is 5.52. The van der Waals surface area contributed by atoms with E-state index in [0.29, 0.717) is 5.92 Å². The van der Waals surface area contributed by atoms with E-state index in [1.807, 2.05) is 6.92 Å². The molecule has 1 aliphatic rings. The molecule has 2 N–H and O–H groups in total. The van der Waals surface area contributed by atoms with Gasteiger partial charge >= 0.3 is 0 Å². The Balaban J connectivity index is 2.34. The molecule has 1 fully saturated rings. The first kappa shape index (κ1) is 8.68. The van der Waals surface area contributed by atoms with Gasteiger partial charge in [0.25, 0.3) is 0 Å². The topological polar surface area (TPSA) is 46.3 Å². The zero-order chi connectivity index (χ0) is 8.27. The van der Waals surface area contributed by atoms with Crippen LogP contribution >= 0.6 is 0 Å². The lowest BCUT2D eigenvalue weighted by Crippen LogP contribution is -2.32. The molecule has 1 saturated heterocycles. The van der Waals surface area contributed by atoms with E-state index in [-0.39, 0.29) is 6.04 Å². The molecule has 0 spiro atoms. The summed E-state index contributed by atoms with van der Waals surface area (Å²) in [5, 5.41) is 0. The molecule has 2 unspecified atom stereocenters. The van der Waals surface area contributed by atoms with Crippen molar-refractivity contribution in [2.45, 2.75) is 19.4 Å². The maximum Gasteiger partial charge on any atom is 0.136 e. The smallest absolute Gasteiger partial charge is 0.136 e. The van der Waals surface area contributed by atoms with E-state index in [4.69, 9.17) is 5.73 Å². The third-order valence-electron chi connectivity index (χ3n) is 2.42. The number of hydrogen-bond acceptors (Lipinski definition) is 3. The van der Waals surface area contributed by atoms with E-state index < -0.39 is 0 Å². The molecule has 0 saturated carbocycles. The number of likely N-dealkylation sites (tertiary alicyclic amines) is 1. The van der Waals surface area contributed by atoms with Crippen LogP contribution in [0.1, 0.15) is 13.3 Å². The molecule has 11 heavy (non-hydrogen) atoms. The largest absolute Gasteiger partial charge is 0.330 e. The van der Waals surface area contributed by atoms with Crippen molar-refractivity contribution in [3.8, 4) is 0 Å². The Labute approximate surface area is 67.5 Å². The highest BCUT2D eigenvalue weighted by molar-refractivity contribution is 5.56. The number of rotatable bonds is 3. The minimum Gasteiger partial charge on any atom is -0.330 e. The predicted molar refractivity (Wildman–Crippen MR) is 44.3 cm³/mol. The van der Waals surface area contributed by atoms with Gasteiger partial charge in [-0.25, -0.2) is 0 Å². The first-order chi connectivity index (χ1) is 5.27. The van der Waals surface area contributed by atoms with Gasteiger partial charge in [0, 0.05) is 6.54 Å². The highest BCUT2D eigenvalue weighted by Crippen LogP contribution is 2.16. The molecular weight excluding hydrogens is 140 g/mol. The van der Waals surface area contributed by atoms with Crippen molar-refractivity contribution in [3.63, 3.8) is 0 Å². The van der Waals surface area contributed by atoms with Gasteiger partial charge in [0.2, 0.25) is 0 Å². The van der Waals surface area contributed by atoms with Gasteiger partial charge in [-0.15, -0.1) is 0 Å². The SMILES string of the molecule is CC(C=O)N1CCC(CN)C1. The number of nitrogens with two attached hydrogens (primary N) is 1. The van der Waals surface area contributed by atoms with Crippen LogP contribution in [0, 0.1) is 5.92 Å². The van der Waals surface area contributed by atoms with Crippen molar-refractivity contribution in [2.24, 2.45) is 11.7 Å². The maximum absolute atomic E-state index is 10.4. The Kier molecular flexibility index (Phi) is 3.02. The molecule has 2 atom stereocenters. The molecule has 3 heteroatoms. The molecule has 0 aliphatic carbocycles. The van der Waals surface area contributed by atoms with E-state index in [9.17, 15) is 4.79 Å². The minimum absolute atomic E-state index is 0.0755. The van der Waals surface area contributed by atoms with Crippen LogP contribution in [-0.4, -0.2) is 36.9 Å². The average molecular weight is 156 g/mol. The summed E-state index contributed by atoms with van der Waals surface area (Å²) < 4.78 is 0. The first-order valence-corrected chi connectivity index (χ1v) is 4.17. The fourth-order valence-corrected chi connectivity index (χ4v) is 1.51. The van der Waals surface area contributed by atoms with Crippen LogP contribution in [0.4, 0.5) is 0 Å². The van der Waals surface area contributed by atoms with E-state index in [2.05, 4.69) is 4.90 Å². The highest BCUT2D eigenvalue weighted by Gasteiger charge is 2.24. The summed E-state index contributed by atoms with van der Waals surface area (Å²) in [6, 6.07) is 0.0755. The Morgan fingerprint density at radius 2 is 2.55 bits per heavy atom. The zero-order valence-electron chi connectivity index (χ0n) is 6.99. The zero-order valence-corrected chi connectivity index (χ0v) is 6.99. The lowest BCUT2D eigenvalue weighted by Gasteiger charge is -2.18. The van der Waals surface area contributed by atoms with Crippen LogP contribution < -0.4 is 5.73 Å². The third-order valence-corrected chi connectivity index (χ3v) is 2.42. The second-order valence-corrected chi connectivity index (χ2v) is 3.26. The number of carbonyl (C=O) groups is 1. The summed E-state index contributed by atoms with van der Waals surface area (Å²) in [6.45, 7) is 4.71. The van der Waals surface area contributed by atoms with Crippen LogP contribution in [0.15, 0.2) is 0 Å². The van der Waals surface area contributed by atoms with Crippen molar-refractivity contribution in [1.82, 2.24) is 4.90 Å². The van der Waals surface area contributed by atoms with Gasteiger partial charge in [0.1, 0.15) is 6.29 Å². The summed E-state index contributed by atoms with van der Waals surface area (Å²) >= 11 is 0. The van der Waals surface area contributed by atoms with Gasteiger partial charge in [-0.05, 0) is 32.4 Å². The quantitative estimate of drug-likeness (QED) is 0.578.